The molecule has 0 amide bonds. The fourth-order valence-electron chi connectivity index (χ4n) is 5.01. The van der Waals surface area contributed by atoms with Crippen LogP contribution in [-0.2, 0) is 9.84 Å². The number of nitrogens with zero attached hydrogens (tertiary/aromatic N) is 5. The van der Waals surface area contributed by atoms with Crippen molar-refractivity contribution in [2.45, 2.75) is 50.1 Å². The lowest BCUT2D eigenvalue weighted by molar-refractivity contribution is -0.00860. The lowest BCUT2D eigenvalue weighted by atomic mass is 9.94. The molecule has 9 nitrogen and oxygen atoms in total. The number of anilines is 4. The number of piperidine rings is 1. The fourth-order valence-corrected chi connectivity index (χ4v) is 5.91. The molecule has 37 heavy (non-hydrogen) atoms. The molecule has 0 aliphatic carbocycles. The number of halogens is 1. The van der Waals surface area contributed by atoms with Gasteiger partial charge in [-0.3, -0.25) is 0 Å². The molecule has 2 aliphatic heterocycles. The van der Waals surface area contributed by atoms with E-state index in [0.29, 0.717) is 43.6 Å². The molecule has 0 saturated carbocycles. The largest absolute Gasteiger partial charge is 0.390 e. The average molecular weight is 529 g/mol. The Morgan fingerprint density at radius 2 is 1.89 bits per heavy atom. The van der Waals surface area contributed by atoms with Gasteiger partial charge in [0.2, 0.25) is 5.95 Å². The van der Waals surface area contributed by atoms with Crippen LogP contribution < -0.4 is 15.1 Å². The predicted molar refractivity (Wildman–Crippen MR) is 144 cm³/mol. The summed E-state index contributed by atoms with van der Waals surface area (Å²) in [5.41, 5.74) is 0.416. The lowest BCUT2D eigenvalue weighted by Crippen LogP contribution is -2.54. The Hall–Kier alpha value is -3.05. The van der Waals surface area contributed by atoms with Gasteiger partial charge in [0.25, 0.3) is 0 Å². The van der Waals surface area contributed by atoms with E-state index in [4.69, 9.17) is 0 Å². The standard InChI is InChI=1S/C26H33FN6O3S/c1-16(2)18-5-6-21(33-13-17(14-33)37(4,35)36)20-12-29-24(11-19(18)20)30-23-7-9-28-25(31-23)32-10-8-22(34)26(3,27)15-32/h5-7,9,11-12,16-17,22,34H,8,10,13-15H2,1-4H3,(H,28,29,30,31)/t22-,26+/m1/s1. The molecule has 11 heteroatoms. The second kappa shape index (κ2) is 9.36. The van der Waals surface area contributed by atoms with Gasteiger partial charge in [-0.05, 0) is 48.4 Å². The molecular formula is C26H33FN6O3S. The van der Waals surface area contributed by atoms with Gasteiger partial charge < -0.3 is 20.2 Å². The van der Waals surface area contributed by atoms with Crippen LogP contribution in [0.3, 0.4) is 0 Å². The molecule has 0 bridgehead atoms. The Morgan fingerprint density at radius 3 is 2.57 bits per heavy atom. The Balaban J connectivity index is 1.42. The number of aliphatic hydroxyl groups excluding tert-OH is 1. The first kappa shape index (κ1) is 25.6. The predicted octanol–water partition coefficient (Wildman–Crippen LogP) is 3.42. The molecule has 2 atom stereocenters. The number of aliphatic hydroxyl groups is 1. The van der Waals surface area contributed by atoms with Crippen molar-refractivity contribution >= 4 is 43.9 Å². The molecule has 5 rings (SSSR count). The number of aromatic nitrogens is 3. The molecular weight excluding hydrogens is 495 g/mol. The third kappa shape index (κ3) is 5.06. The molecule has 2 aliphatic rings. The maximum Gasteiger partial charge on any atom is 0.227 e. The van der Waals surface area contributed by atoms with Crippen LogP contribution >= 0.6 is 0 Å². The van der Waals surface area contributed by atoms with Gasteiger partial charge in [0.1, 0.15) is 11.6 Å². The van der Waals surface area contributed by atoms with Gasteiger partial charge in [-0.1, -0.05) is 19.9 Å². The first-order valence-electron chi connectivity index (χ1n) is 12.5. The number of pyridine rings is 1. The molecule has 198 valence electrons. The number of hydrogen-bond acceptors (Lipinski definition) is 9. The zero-order chi connectivity index (χ0) is 26.5. The number of nitrogens with one attached hydrogen (secondary N) is 1. The number of benzene rings is 1. The van der Waals surface area contributed by atoms with Crippen LogP contribution in [0, 0.1) is 0 Å². The second-order valence-electron chi connectivity index (χ2n) is 10.7. The Labute approximate surface area is 216 Å². The molecule has 2 aromatic heterocycles. The van der Waals surface area contributed by atoms with Crippen molar-refractivity contribution in [3.63, 3.8) is 0 Å². The minimum atomic E-state index is -3.06. The van der Waals surface area contributed by atoms with Crippen LogP contribution in [0.1, 0.15) is 38.7 Å². The highest BCUT2D eigenvalue weighted by Crippen LogP contribution is 2.37. The molecule has 0 radical (unpaired) electrons. The number of fused-ring (bicyclic) bond motifs is 1. The van der Waals surface area contributed by atoms with Crippen LogP contribution in [0.2, 0.25) is 0 Å². The van der Waals surface area contributed by atoms with Crippen molar-refractivity contribution in [1.29, 1.82) is 0 Å². The average Bonchev–Trinajstić information content (AvgIpc) is 2.79. The minimum Gasteiger partial charge on any atom is -0.390 e. The lowest BCUT2D eigenvalue weighted by Gasteiger charge is -2.40. The number of alkyl halides is 1. The topological polar surface area (TPSA) is 112 Å². The first-order valence-corrected chi connectivity index (χ1v) is 14.5. The van der Waals surface area contributed by atoms with Crippen molar-refractivity contribution in [2.24, 2.45) is 0 Å². The maximum absolute atomic E-state index is 14.7. The van der Waals surface area contributed by atoms with Crippen molar-refractivity contribution in [1.82, 2.24) is 15.0 Å². The van der Waals surface area contributed by atoms with Gasteiger partial charge in [-0.2, -0.15) is 4.98 Å². The van der Waals surface area contributed by atoms with Crippen LogP contribution in [0.25, 0.3) is 10.8 Å². The second-order valence-corrected chi connectivity index (χ2v) is 13.0. The van der Waals surface area contributed by atoms with E-state index in [-0.39, 0.29) is 17.7 Å². The van der Waals surface area contributed by atoms with Crippen molar-refractivity contribution < 1.29 is 17.9 Å². The zero-order valence-electron chi connectivity index (χ0n) is 21.5. The minimum absolute atomic E-state index is 0.0169. The molecule has 0 unspecified atom stereocenters. The highest BCUT2D eigenvalue weighted by molar-refractivity contribution is 7.91. The van der Waals surface area contributed by atoms with Crippen LogP contribution in [0.15, 0.2) is 36.7 Å². The summed E-state index contributed by atoms with van der Waals surface area (Å²) in [7, 11) is -3.06. The summed E-state index contributed by atoms with van der Waals surface area (Å²) in [6.45, 7) is 7.10. The van der Waals surface area contributed by atoms with E-state index in [1.807, 2.05) is 12.3 Å². The monoisotopic (exact) mass is 528 g/mol. The zero-order valence-corrected chi connectivity index (χ0v) is 22.3. The SMILES string of the molecule is CC(C)c1ccc(N2CC(S(C)(=O)=O)C2)c2cnc(Nc3ccnc(N4CC[C@@H](O)[C@@](C)(F)C4)n3)cc12. The summed E-state index contributed by atoms with van der Waals surface area (Å²) in [5, 5.41) is 14.9. The van der Waals surface area contributed by atoms with Crippen LogP contribution in [0.4, 0.5) is 27.7 Å². The smallest absolute Gasteiger partial charge is 0.227 e. The first-order chi connectivity index (χ1) is 17.4. The fraction of sp³-hybridized carbons (Fsp3) is 0.500. The maximum atomic E-state index is 14.7. The van der Waals surface area contributed by atoms with Crippen LogP contribution in [-0.4, -0.2) is 77.9 Å². The molecule has 2 saturated heterocycles. The van der Waals surface area contributed by atoms with E-state index in [2.05, 4.69) is 51.1 Å². The number of rotatable bonds is 6. The highest BCUT2D eigenvalue weighted by atomic mass is 32.2. The third-order valence-electron chi connectivity index (χ3n) is 7.38. The van der Waals surface area contributed by atoms with E-state index < -0.39 is 21.6 Å². The Bertz CT molecular complexity index is 1430. The normalized spacial score (nSPS) is 22.9. The van der Waals surface area contributed by atoms with E-state index in [1.165, 1.54) is 18.7 Å². The molecule has 1 aromatic carbocycles. The summed E-state index contributed by atoms with van der Waals surface area (Å²) in [6.07, 6.45) is 4.03. The molecule has 2 N–H and O–H groups in total. The van der Waals surface area contributed by atoms with E-state index >= 15 is 0 Å². The molecule has 3 aromatic rings. The number of hydrogen-bond donors (Lipinski definition) is 2. The highest BCUT2D eigenvalue weighted by Gasteiger charge is 2.40. The molecule has 0 spiro atoms. The van der Waals surface area contributed by atoms with Crippen molar-refractivity contribution in [3.8, 4) is 0 Å². The van der Waals surface area contributed by atoms with Gasteiger partial charge in [0, 0.05) is 49.4 Å². The summed E-state index contributed by atoms with van der Waals surface area (Å²) >= 11 is 0. The van der Waals surface area contributed by atoms with Gasteiger partial charge in [-0.15, -0.1) is 0 Å². The quantitative estimate of drug-likeness (QED) is 0.497. The van der Waals surface area contributed by atoms with E-state index in [0.717, 1.165) is 16.5 Å². The van der Waals surface area contributed by atoms with Gasteiger partial charge in [0.15, 0.2) is 15.5 Å². The van der Waals surface area contributed by atoms with Gasteiger partial charge >= 0.3 is 0 Å². The summed E-state index contributed by atoms with van der Waals surface area (Å²) < 4.78 is 38.5. The number of sulfone groups is 1. The Kier molecular flexibility index (Phi) is 6.47. The van der Waals surface area contributed by atoms with Gasteiger partial charge in [0.05, 0.1) is 17.9 Å². The van der Waals surface area contributed by atoms with Crippen LogP contribution in [0.5, 0.6) is 0 Å². The summed E-state index contributed by atoms with van der Waals surface area (Å²) in [5.74, 6) is 1.81. The van der Waals surface area contributed by atoms with Gasteiger partial charge in [-0.25, -0.2) is 22.8 Å². The third-order valence-corrected chi connectivity index (χ3v) is 8.89. The van der Waals surface area contributed by atoms with Crippen molar-refractivity contribution in [2.75, 3.05) is 47.6 Å². The van der Waals surface area contributed by atoms with E-state index in [1.54, 1.807) is 17.2 Å². The molecule has 2 fully saturated rings. The Morgan fingerprint density at radius 1 is 1.14 bits per heavy atom. The van der Waals surface area contributed by atoms with Crippen molar-refractivity contribution in [3.05, 3.63) is 42.2 Å². The molecule has 4 heterocycles. The van der Waals surface area contributed by atoms with E-state index in [9.17, 15) is 17.9 Å². The summed E-state index contributed by atoms with van der Waals surface area (Å²) in [4.78, 5) is 17.3. The summed E-state index contributed by atoms with van der Waals surface area (Å²) in [6, 6.07) is 7.87.